The lowest BCUT2D eigenvalue weighted by Crippen LogP contribution is -1.95. The van der Waals surface area contributed by atoms with E-state index in [0.717, 1.165) is 0 Å². The monoisotopic (exact) mass is 222 g/mol. The van der Waals surface area contributed by atoms with Crippen LogP contribution in [0.5, 0.6) is 11.5 Å². The lowest BCUT2D eigenvalue weighted by Gasteiger charge is -2.06. The topological polar surface area (TPSA) is 61.6 Å². The van der Waals surface area contributed by atoms with E-state index < -0.39 is 4.92 Å². The molecule has 85 valence electrons. The highest BCUT2D eigenvalue weighted by atomic mass is 16.6. The Morgan fingerprint density at radius 3 is 2.69 bits per heavy atom. The summed E-state index contributed by atoms with van der Waals surface area (Å²) in [7, 11) is 3.00. The molecule has 0 aliphatic rings. The molecule has 0 aliphatic heterocycles. The molecule has 0 fully saturated rings. The van der Waals surface area contributed by atoms with Crippen LogP contribution in [0.15, 0.2) is 17.8 Å². The van der Waals surface area contributed by atoms with Crippen molar-refractivity contribution in [1.29, 1.82) is 0 Å². The van der Waals surface area contributed by atoms with Crippen LogP contribution in [-0.2, 0) is 0 Å². The predicted molar refractivity (Wildman–Crippen MR) is 59.0 cm³/mol. The SMILES string of the molecule is COc1[c]cc(OC)c(/C=C(\C)[N+](=O)[O-])c1. The molecule has 1 aromatic carbocycles. The highest BCUT2D eigenvalue weighted by Gasteiger charge is 2.08. The smallest absolute Gasteiger partial charge is 0.243 e. The number of hydrogen-bond acceptors (Lipinski definition) is 4. The van der Waals surface area contributed by atoms with Gasteiger partial charge in [0, 0.05) is 24.6 Å². The van der Waals surface area contributed by atoms with Gasteiger partial charge in [-0.05, 0) is 12.1 Å². The van der Waals surface area contributed by atoms with E-state index in [1.54, 1.807) is 12.1 Å². The van der Waals surface area contributed by atoms with Gasteiger partial charge in [0.05, 0.1) is 19.1 Å². The van der Waals surface area contributed by atoms with Crippen molar-refractivity contribution in [3.8, 4) is 11.5 Å². The van der Waals surface area contributed by atoms with Crippen LogP contribution in [0.25, 0.3) is 6.08 Å². The average molecular weight is 222 g/mol. The molecule has 5 nitrogen and oxygen atoms in total. The number of hydrogen-bond donors (Lipinski definition) is 0. The first-order chi connectivity index (χ1) is 7.58. The second-order valence-corrected chi connectivity index (χ2v) is 3.07. The molecular formula is C11H12NO4. The number of rotatable bonds is 4. The van der Waals surface area contributed by atoms with E-state index in [4.69, 9.17) is 9.47 Å². The molecule has 1 rings (SSSR count). The summed E-state index contributed by atoms with van der Waals surface area (Å²) in [6.07, 6.45) is 1.43. The third-order valence-corrected chi connectivity index (χ3v) is 2.01. The molecule has 0 heterocycles. The number of methoxy groups -OCH3 is 2. The largest absolute Gasteiger partial charge is 0.496 e. The molecule has 0 N–H and O–H groups in total. The minimum Gasteiger partial charge on any atom is -0.496 e. The zero-order valence-corrected chi connectivity index (χ0v) is 9.31. The molecule has 16 heavy (non-hydrogen) atoms. The Bertz CT molecular complexity index is 426. The first-order valence-corrected chi connectivity index (χ1v) is 4.55. The summed E-state index contributed by atoms with van der Waals surface area (Å²) >= 11 is 0. The van der Waals surface area contributed by atoms with Gasteiger partial charge in [-0.2, -0.15) is 0 Å². The summed E-state index contributed by atoms with van der Waals surface area (Å²) in [5, 5.41) is 10.5. The molecular weight excluding hydrogens is 210 g/mol. The van der Waals surface area contributed by atoms with E-state index in [0.29, 0.717) is 17.1 Å². The van der Waals surface area contributed by atoms with E-state index >= 15 is 0 Å². The van der Waals surface area contributed by atoms with E-state index in [1.165, 1.54) is 27.2 Å². The Labute approximate surface area is 93.4 Å². The fourth-order valence-corrected chi connectivity index (χ4v) is 1.16. The second kappa shape index (κ2) is 5.16. The molecule has 0 atom stereocenters. The van der Waals surface area contributed by atoms with Crippen molar-refractivity contribution in [2.24, 2.45) is 0 Å². The van der Waals surface area contributed by atoms with Gasteiger partial charge in [0.2, 0.25) is 5.70 Å². The number of benzene rings is 1. The van der Waals surface area contributed by atoms with Crippen LogP contribution >= 0.6 is 0 Å². The van der Waals surface area contributed by atoms with Crippen molar-refractivity contribution >= 4 is 6.08 Å². The van der Waals surface area contributed by atoms with E-state index in [1.807, 2.05) is 0 Å². The third kappa shape index (κ3) is 2.73. The highest BCUT2D eigenvalue weighted by Crippen LogP contribution is 2.25. The zero-order valence-electron chi connectivity index (χ0n) is 9.31. The molecule has 0 amide bonds. The minimum absolute atomic E-state index is 0.0338. The molecule has 0 saturated carbocycles. The van der Waals surface area contributed by atoms with Crippen LogP contribution < -0.4 is 9.47 Å². The van der Waals surface area contributed by atoms with Crippen molar-refractivity contribution in [1.82, 2.24) is 0 Å². The van der Waals surface area contributed by atoms with Crippen molar-refractivity contribution in [3.05, 3.63) is 39.6 Å². The van der Waals surface area contributed by atoms with E-state index in [9.17, 15) is 10.1 Å². The minimum atomic E-state index is -0.456. The average Bonchev–Trinajstić information content (AvgIpc) is 2.28. The van der Waals surface area contributed by atoms with Crippen LogP contribution in [0.4, 0.5) is 0 Å². The second-order valence-electron chi connectivity index (χ2n) is 3.07. The van der Waals surface area contributed by atoms with Crippen molar-refractivity contribution in [2.45, 2.75) is 6.92 Å². The summed E-state index contributed by atoms with van der Waals surface area (Å²) in [5.74, 6) is 1.02. The molecule has 0 bridgehead atoms. The summed E-state index contributed by atoms with van der Waals surface area (Å²) in [4.78, 5) is 10.1. The van der Waals surface area contributed by atoms with Gasteiger partial charge in [-0.1, -0.05) is 0 Å². The van der Waals surface area contributed by atoms with Gasteiger partial charge in [-0.3, -0.25) is 10.1 Å². The number of allylic oxidation sites excluding steroid dienone is 1. The van der Waals surface area contributed by atoms with Crippen molar-refractivity contribution < 1.29 is 14.4 Å². The molecule has 1 aromatic rings. The van der Waals surface area contributed by atoms with Gasteiger partial charge in [-0.25, -0.2) is 0 Å². The summed E-state index contributed by atoms with van der Waals surface area (Å²) in [5.41, 5.74) is 0.624. The van der Waals surface area contributed by atoms with E-state index in [-0.39, 0.29) is 5.70 Å². The Kier molecular flexibility index (Phi) is 3.88. The van der Waals surface area contributed by atoms with Gasteiger partial charge in [-0.15, -0.1) is 0 Å². The Hall–Kier alpha value is -2.04. The maximum absolute atomic E-state index is 10.5. The van der Waals surface area contributed by atoms with Crippen LogP contribution in [-0.4, -0.2) is 19.1 Å². The van der Waals surface area contributed by atoms with E-state index in [2.05, 4.69) is 6.07 Å². The lowest BCUT2D eigenvalue weighted by molar-refractivity contribution is -0.422. The first-order valence-electron chi connectivity index (χ1n) is 4.55. The Morgan fingerprint density at radius 1 is 1.50 bits per heavy atom. The third-order valence-electron chi connectivity index (χ3n) is 2.01. The summed E-state index contributed by atoms with van der Waals surface area (Å²) < 4.78 is 10.1. The zero-order chi connectivity index (χ0) is 12.1. The van der Waals surface area contributed by atoms with Crippen LogP contribution in [0.1, 0.15) is 12.5 Å². The molecule has 0 aromatic heterocycles. The predicted octanol–water partition coefficient (Wildman–Crippen LogP) is 2.14. The maximum Gasteiger partial charge on any atom is 0.243 e. The summed E-state index contributed by atoms with van der Waals surface area (Å²) in [6, 6.07) is 6.05. The fraction of sp³-hybridized carbons (Fsp3) is 0.273. The Morgan fingerprint density at radius 2 is 2.19 bits per heavy atom. The molecule has 0 unspecified atom stereocenters. The quantitative estimate of drug-likeness (QED) is 0.578. The lowest BCUT2D eigenvalue weighted by atomic mass is 10.1. The summed E-state index contributed by atoms with van der Waals surface area (Å²) in [6.45, 7) is 1.42. The molecule has 0 saturated heterocycles. The standard InChI is InChI=1S/C11H12NO4/c1-8(12(13)14)6-9-7-10(15-2)4-5-11(9)16-3/h5-7H,1-3H3/b8-6+. The van der Waals surface area contributed by atoms with Gasteiger partial charge < -0.3 is 9.47 Å². The first kappa shape index (κ1) is 12.0. The maximum atomic E-state index is 10.5. The molecule has 0 aliphatic carbocycles. The fourth-order valence-electron chi connectivity index (χ4n) is 1.16. The molecule has 1 radical (unpaired) electrons. The number of nitrogens with zero attached hydrogens (tertiary/aromatic N) is 1. The van der Waals surface area contributed by atoms with Gasteiger partial charge >= 0.3 is 0 Å². The van der Waals surface area contributed by atoms with Crippen molar-refractivity contribution in [3.63, 3.8) is 0 Å². The number of nitro groups is 1. The van der Waals surface area contributed by atoms with Crippen molar-refractivity contribution in [2.75, 3.05) is 14.2 Å². The van der Waals surface area contributed by atoms with Gasteiger partial charge in [0.1, 0.15) is 11.5 Å². The van der Waals surface area contributed by atoms with Crippen LogP contribution in [0, 0.1) is 16.2 Å². The highest BCUT2D eigenvalue weighted by molar-refractivity contribution is 5.60. The van der Waals surface area contributed by atoms with Crippen LogP contribution in [0.2, 0.25) is 0 Å². The van der Waals surface area contributed by atoms with Crippen LogP contribution in [0.3, 0.4) is 0 Å². The molecule has 0 spiro atoms. The normalized spacial score (nSPS) is 11.1. The van der Waals surface area contributed by atoms with Gasteiger partial charge in [0.15, 0.2) is 0 Å². The molecule has 5 heteroatoms. The number of ether oxygens (including phenoxy) is 2. The Balaban J connectivity index is 3.19. The van der Waals surface area contributed by atoms with Gasteiger partial charge in [0.25, 0.3) is 0 Å².